The van der Waals surface area contributed by atoms with E-state index in [4.69, 9.17) is 9.15 Å². The molecule has 5 nitrogen and oxygen atoms in total. The number of nitrogens with zero attached hydrogens (tertiary/aromatic N) is 1. The van der Waals surface area contributed by atoms with Crippen LogP contribution in [0.2, 0.25) is 0 Å². The number of carbonyl (C=O) groups is 1. The first-order valence-electron chi connectivity index (χ1n) is 7.61. The summed E-state index contributed by atoms with van der Waals surface area (Å²) in [5.74, 6) is 1.13. The number of hydrogen-bond donors (Lipinski definition) is 1. The molecule has 0 unspecified atom stereocenters. The van der Waals surface area contributed by atoms with E-state index >= 15 is 0 Å². The molecule has 1 N–H and O–H groups in total. The molecule has 3 rings (SSSR count). The molecule has 0 aliphatic rings. The van der Waals surface area contributed by atoms with Crippen LogP contribution in [0.1, 0.15) is 21.8 Å². The Hall–Kier alpha value is -3.08. The number of amides is 1. The first-order valence-corrected chi connectivity index (χ1v) is 7.61. The van der Waals surface area contributed by atoms with Gasteiger partial charge < -0.3 is 14.5 Å². The summed E-state index contributed by atoms with van der Waals surface area (Å²) < 4.78 is 10.8. The van der Waals surface area contributed by atoms with Gasteiger partial charge in [-0.15, -0.1) is 0 Å². The second-order valence-electron chi connectivity index (χ2n) is 5.33. The molecule has 0 saturated carbocycles. The smallest absolute Gasteiger partial charge is 0.289 e. The number of hydrogen-bond acceptors (Lipinski definition) is 4. The maximum Gasteiger partial charge on any atom is 0.289 e. The van der Waals surface area contributed by atoms with Crippen molar-refractivity contribution in [2.24, 2.45) is 0 Å². The third kappa shape index (κ3) is 3.46. The van der Waals surface area contributed by atoms with Crippen molar-refractivity contribution in [3.63, 3.8) is 0 Å². The van der Waals surface area contributed by atoms with Gasteiger partial charge in [-0.2, -0.15) is 0 Å². The van der Waals surface area contributed by atoms with E-state index in [2.05, 4.69) is 10.3 Å². The highest BCUT2D eigenvalue weighted by molar-refractivity contribution is 5.92. The van der Waals surface area contributed by atoms with Crippen molar-refractivity contribution in [2.45, 2.75) is 13.5 Å². The van der Waals surface area contributed by atoms with Crippen molar-refractivity contribution < 1.29 is 13.9 Å². The van der Waals surface area contributed by atoms with Gasteiger partial charge in [0.15, 0.2) is 0 Å². The molecule has 1 heterocycles. The Bertz CT molecular complexity index is 824. The van der Waals surface area contributed by atoms with E-state index in [9.17, 15) is 4.79 Å². The lowest BCUT2D eigenvalue weighted by atomic mass is 10.2. The Morgan fingerprint density at radius 3 is 2.50 bits per heavy atom. The summed E-state index contributed by atoms with van der Waals surface area (Å²) in [6.07, 6.45) is 0. The largest absolute Gasteiger partial charge is 0.497 e. The zero-order chi connectivity index (χ0) is 16.9. The van der Waals surface area contributed by atoms with Crippen LogP contribution in [0.3, 0.4) is 0 Å². The summed E-state index contributed by atoms with van der Waals surface area (Å²) in [6.45, 7) is 2.20. The van der Waals surface area contributed by atoms with Crippen LogP contribution < -0.4 is 10.1 Å². The van der Waals surface area contributed by atoms with Gasteiger partial charge in [-0.05, 0) is 36.8 Å². The maximum atomic E-state index is 12.3. The number of oxazole rings is 1. The lowest BCUT2D eigenvalue weighted by Crippen LogP contribution is -2.22. The molecule has 0 atom stereocenters. The quantitative estimate of drug-likeness (QED) is 0.779. The Labute approximate surface area is 140 Å². The van der Waals surface area contributed by atoms with Gasteiger partial charge in [0, 0.05) is 12.1 Å². The summed E-state index contributed by atoms with van der Waals surface area (Å²) in [5, 5.41) is 2.85. The zero-order valence-corrected chi connectivity index (χ0v) is 13.6. The highest BCUT2D eigenvalue weighted by atomic mass is 16.5. The maximum absolute atomic E-state index is 12.3. The van der Waals surface area contributed by atoms with Gasteiger partial charge in [0.25, 0.3) is 5.91 Å². The summed E-state index contributed by atoms with van der Waals surface area (Å²) in [4.78, 5) is 16.7. The van der Waals surface area contributed by atoms with Gasteiger partial charge in [0.2, 0.25) is 11.7 Å². The minimum absolute atomic E-state index is 0.233. The molecule has 0 bridgehead atoms. The van der Waals surface area contributed by atoms with Crippen LogP contribution in [0.4, 0.5) is 0 Å². The number of aryl methyl sites for hydroxylation is 1. The van der Waals surface area contributed by atoms with Crippen LogP contribution in [0, 0.1) is 6.92 Å². The fourth-order valence-electron chi connectivity index (χ4n) is 2.32. The SMILES string of the molecule is COc1ccc(-c2nc(C)c(C(=O)NCc3ccccc3)o2)cc1. The molecule has 24 heavy (non-hydrogen) atoms. The van der Waals surface area contributed by atoms with Crippen LogP contribution >= 0.6 is 0 Å². The summed E-state index contributed by atoms with van der Waals surface area (Å²) >= 11 is 0. The van der Waals surface area contributed by atoms with Gasteiger partial charge in [-0.1, -0.05) is 30.3 Å². The van der Waals surface area contributed by atoms with Crippen LogP contribution in [-0.4, -0.2) is 18.0 Å². The molecule has 0 radical (unpaired) electrons. The highest BCUT2D eigenvalue weighted by Crippen LogP contribution is 2.24. The molecule has 3 aromatic rings. The van der Waals surface area contributed by atoms with Crippen LogP contribution in [0.5, 0.6) is 5.75 Å². The minimum atomic E-state index is -0.274. The lowest BCUT2D eigenvalue weighted by molar-refractivity contribution is 0.0923. The average Bonchev–Trinajstić information content (AvgIpc) is 3.02. The molecular weight excluding hydrogens is 304 g/mol. The summed E-state index contributed by atoms with van der Waals surface area (Å²) in [6, 6.07) is 17.0. The third-order valence-corrected chi connectivity index (χ3v) is 3.64. The van der Waals surface area contributed by atoms with Crippen molar-refractivity contribution in [2.75, 3.05) is 7.11 Å². The number of aromatic nitrogens is 1. The first-order chi connectivity index (χ1) is 11.7. The highest BCUT2D eigenvalue weighted by Gasteiger charge is 2.18. The Morgan fingerprint density at radius 1 is 1.12 bits per heavy atom. The van der Waals surface area contributed by atoms with E-state index in [1.807, 2.05) is 54.6 Å². The Balaban J connectivity index is 1.74. The number of carbonyl (C=O) groups excluding carboxylic acids is 1. The minimum Gasteiger partial charge on any atom is -0.497 e. The van der Waals surface area contributed by atoms with Crippen LogP contribution in [-0.2, 0) is 6.54 Å². The summed E-state index contributed by atoms with van der Waals surface area (Å²) in [7, 11) is 1.61. The molecule has 0 saturated heterocycles. The van der Waals surface area contributed by atoms with Gasteiger partial charge in [-0.3, -0.25) is 4.79 Å². The number of ether oxygens (including phenoxy) is 1. The fourth-order valence-corrected chi connectivity index (χ4v) is 2.32. The molecule has 1 aromatic heterocycles. The molecule has 0 spiro atoms. The third-order valence-electron chi connectivity index (χ3n) is 3.64. The second-order valence-corrected chi connectivity index (χ2v) is 5.33. The zero-order valence-electron chi connectivity index (χ0n) is 13.6. The molecule has 0 aliphatic carbocycles. The average molecular weight is 322 g/mol. The lowest BCUT2D eigenvalue weighted by Gasteiger charge is -2.03. The van der Waals surface area contributed by atoms with Gasteiger partial charge in [0.1, 0.15) is 5.75 Å². The van der Waals surface area contributed by atoms with E-state index in [-0.39, 0.29) is 11.7 Å². The molecule has 0 aliphatic heterocycles. The van der Waals surface area contributed by atoms with Crippen molar-refractivity contribution in [1.29, 1.82) is 0 Å². The normalized spacial score (nSPS) is 10.4. The monoisotopic (exact) mass is 322 g/mol. The van der Waals surface area contributed by atoms with E-state index in [1.165, 1.54) is 0 Å². The molecule has 2 aromatic carbocycles. The predicted octanol–water partition coefficient (Wildman–Crippen LogP) is 3.59. The molecule has 122 valence electrons. The summed E-state index contributed by atoms with van der Waals surface area (Å²) in [5.41, 5.74) is 2.38. The molecule has 5 heteroatoms. The van der Waals surface area contributed by atoms with Crippen molar-refractivity contribution in [3.8, 4) is 17.2 Å². The van der Waals surface area contributed by atoms with E-state index in [0.717, 1.165) is 16.9 Å². The molecular formula is C19H18N2O3. The van der Waals surface area contributed by atoms with Crippen molar-refractivity contribution >= 4 is 5.91 Å². The van der Waals surface area contributed by atoms with E-state index in [0.29, 0.717) is 18.1 Å². The Morgan fingerprint density at radius 2 is 1.83 bits per heavy atom. The number of benzene rings is 2. The standard InChI is InChI=1S/C19H18N2O3/c1-13-17(18(22)20-12-14-6-4-3-5-7-14)24-19(21-13)15-8-10-16(23-2)11-9-15/h3-11H,12H2,1-2H3,(H,20,22). The van der Waals surface area contributed by atoms with Crippen LogP contribution in [0.15, 0.2) is 59.0 Å². The van der Waals surface area contributed by atoms with Crippen molar-refractivity contribution in [3.05, 3.63) is 71.6 Å². The second kappa shape index (κ2) is 7.00. The van der Waals surface area contributed by atoms with Crippen molar-refractivity contribution in [1.82, 2.24) is 10.3 Å². The molecule has 0 fully saturated rings. The van der Waals surface area contributed by atoms with Crippen LogP contribution in [0.25, 0.3) is 11.5 Å². The number of nitrogens with one attached hydrogen (secondary N) is 1. The predicted molar refractivity (Wildman–Crippen MR) is 90.8 cm³/mol. The van der Waals surface area contributed by atoms with E-state index < -0.39 is 0 Å². The van der Waals surface area contributed by atoms with Gasteiger partial charge in [0.05, 0.1) is 12.8 Å². The Kier molecular flexibility index (Phi) is 4.61. The van der Waals surface area contributed by atoms with Gasteiger partial charge >= 0.3 is 0 Å². The van der Waals surface area contributed by atoms with Gasteiger partial charge in [-0.25, -0.2) is 4.98 Å². The topological polar surface area (TPSA) is 64.4 Å². The first kappa shape index (κ1) is 15.8. The number of methoxy groups -OCH3 is 1. The number of rotatable bonds is 5. The fraction of sp³-hybridized carbons (Fsp3) is 0.158. The molecule has 1 amide bonds. The van der Waals surface area contributed by atoms with E-state index in [1.54, 1.807) is 14.0 Å².